The number of aliphatic carboxylic acids is 1. The number of carboxylic acid groups (broad SMARTS) is 1. The van der Waals surface area contributed by atoms with E-state index >= 15 is 0 Å². The zero-order valence-electron chi connectivity index (χ0n) is 11.8. The van der Waals surface area contributed by atoms with Crippen molar-refractivity contribution in [3.63, 3.8) is 0 Å². The Balaban J connectivity index is 2.44. The standard InChI is InChI=1S/C16H19NO4/c17-12-14(16(19)20)11-13-5-7-15(8-6-13)21-10-4-2-1-3-9-18/h5-8,11,18H,1-4,9-10H2,(H,19,20). The maximum atomic E-state index is 10.7. The number of nitriles is 1. The summed E-state index contributed by atoms with van der Waals surface area (Å²) in [5.74, 6) is -0.524. The number of benzene rings is 1. The maximum Gasteiger partial charge on any atom is 0.346 e. The zero-order valence-corrected chi connectivity index (χ0v) is 11.8. The van der Waals surface area contributed by atoms with Crippen LogP contribution in [-0.4, -0.2) is 29.4 Å². The van der Waals surface area contributed by atoms with Crippen molar-refractivity contribution in [3.8, 4) is 11.8 Å². The lowest BCUT2D eigenvalue weighted by atomic mass is 10.1. The molecule has 0 aliphatic heterocycles. The van der Waals surface area contributed by atoms with Gasteiger partial charge in [-0.15, -0.1) is 0 Å². The molecule has 0 bridgehead atoms. The summed E-state index contributed by atoms with van der Waals surface area (Å²) in [6.45, 7) is 0.843. The normalized spacial score (nSPS) is 11.0. The van der Waals surface area contributed by atoms with Crippen molar-refractivity contribution in [2.24, 2.45) is 0 Å². The van der Waals surface area contributed by atoms with Crippen LogP contribution in [0.5, 0.6) is 5.75 Å². The summed E-state index contributed by atoms with van der Waals surface area (Å²) >= 11 is 0. The monoisotopic (exact) mass is 289 g/mol. The number of hydrogen-bond donors (Lipinski definition) is 2. The molecule has 1 rings (SSSR count). The third kappa shape index (κ3) is 6.59. The minimum atomic E-state index is -1.24. The molecule has 5 nitrogen and oxygen atoms in total. The van der Waals surface area contributed by atoms with Gasteiger partial charge in [0, 0.05) is 6.61 Å². The van der Waals surface area contributed by atoms with Gasteiger partial charge in [0.25, 0.3) is 0 Å². The van der Waals surface area contributed by atoms with Crippen molar-refractivity contribution in [3.05, 3.63) is 35.4 Å². The fraction of sp³-hybridized carbons (Fsp3) is 0.375. The lowest BCUT2D eigenvalue weighted by molar-refractivity contribution is -0.132. The minimum absolute atomic E-state index is 0.233. The highest BCUT2D eigenvalue weighted by atomic mass is 16.5. The lowest BCUT2D eigenvalue weighted by Crippen LogP contribution is -1.98. The Morgan fingerprint density at radius 1 is 1.19 bits per heavy atom. The first-order valence-corrected chi connectivity index (χ1v) is 6.86. The van der Waals surface area contributed by atoms with Gasteiger partial charge in [-0.05, 0) is 43.0 Å². The average Bonchev–Trinajstić information content (AvgIpc) is 2.49. The van der Waals surface area contributed by atoms with Crippen LogP contribution in [0.15, 0.2) is 29.8 Å². The maximum absolute atomic E-state index is 10.7. The first kappa shape index (κ1) is 16.7. The van der Waals surface area contributed by atoms with Crippen LogP contribution < -0.4 is 4.74 Å². The van der Waals surface area contributed by atoms with Crippen LogP contribution in [0.2, 0.25) is 0 Å². The fourth-order valence-corrected chi connectivity index (χ4v) is 1.73. The second-order valence-corrected chi connectivity index (χ2v) is 4.53. The van der Waals surface area contributed by atoms with Gasteiger partial charge in [0.05, 0.1) is 6.61 Å². The number of carboxylic acids is 1. The Labute approximate surface area is 124 Å². The molecular formula is C16H19NO4. The fourth-order valence-electron chi connectivity index (χ4n) is 1.73. The number of aliphatic hydroxyl groups excluding tert-OH is 1. The largest absolute Gasteiger partial charge is 0.494 e. The first-order chi connectivity index (χ1) is 10.2. The van der Waals surface area contributed by atoms with Crippen LogP contribution in [0, 0.1) is 11.3 Å². The van der Waals surface area contributed by atoms with Crippen molar-refractivity contribution in [2.45, 2.75) is 25.7 Å². The van der Waals surface area contributed by atoms with E-state index in [1.165, 1.54) is 6.08 Å². The van der Waals surface area contributed by atoms with Crippen molar-refractivity contribution >= 4 is 12.0 Å². The van der Waals surface area contributed by atoms with Crippen LogP contribution in [0.25, 0.3) is 6.08 Å². The molecule has 1 aromatic rings. The Bertz CT molecular complexity index is 514. The summed E-state index contributed by atoms with van der Waals surface area (Å²) in [6.07, 6.45) is 5.09. The number of rotatable bonds is 9. The number of nitrogens with zero attached hydrogens (tertiary/aromatic N) is 1. The predicted molar refractivity (Wildman–Crippen MR) is 78.7 cm³/mol. The van der Waals surface area contributed by atoms with Crippen LogP contribution in [0.1, 0.15) is 31.2 Å². The van der Waals surface area contributed by atoms with E-state index < -0.39 is 5.97 Å². The molecule has 0 unspecified atom stereocenters. The van der Waals surface area contributed by atoms with E-state index in [-0.39, 0.29) is 12.2 Å². The van der Waals surface area contributed by atoms with E-state index in [2.05, 4.69) is 0 Å². The molecule has 0 aliphatic rings. The third-order valence-electron chi connectivity index (χ3n) is 2.86. The van der Waals surface area contributed by atoms with Crippen molar-refractivity contribution in [1.29, 1.82) is 5.26 Å². The SMILES string of the molecule is N#CC(=Cc1ccc(OCCCCCCO)cc1)C(=O)O. The summed E-state index contributed by atoms with van der Waals surface area (Å²) in [6, 6.07) is 8.55. The molecule has 0 spiro atoms. The van der Waals surface area contributed by atoms with E-state index in [9.17, 15) is 4.79 Å². The van der Waals surface area contributed by atoms with E-state index in [1.54, 1.807) is 30.3 Å². The molecular weight excluding hydrogens is 270 g/mol. The van der Waals surface area contributed by atoms with Crippen molar-refractivity contribution in [1.82, 2.24) is 0 Å². The van der Waals surface area contributed by atoms with Gasteiger partial charge in [0.1, 0.15) is 17.4 Å². The first-order valence-electron chi connectivity index (χ1n) is 6.86. The number of aliphatic hydroxyl groups is 1. The summed E-state index contributed by atoms with van der Waals surface area (Å²) < 4.78 is 5.56. The van der Waals surface area contributed by atoms with E-state index in [4.69, 9.17) is 20.2 Å². The highest BCUT2D eigenvalue weighted by Crippen LogP contribution is 2.15. The van der Waals surface area contributed by atoms with Gasteiger partial charge in [-0.25, -0.2) is 4.79 Å². The molecule has 0 amide bonds. The molecule has 1 aromatic carbocycles. The molecule has 0 saturated carbocycles. The van der Waals surface area contributed by atoms with E-state index in [0.29, 0.717) is 17.9 Å². The Hall–Kier alpha value is -2.32. The van der Waals surface area contributed by atoms with Crippen LogP contribution >= 0.6 is 0 Å². The molecule has 112 valence electrons. The van der Waals surface area contributed by atoms with Gasteiger partial charge in [0.2, 0.25) is 0 Å². The number of ether oxygens (including phenoxy) is 1. The van der Waals surface area contributed by atoms with Crippen LogP contribution in [0.3, 0.4) is 0 Å². The molecule has 0 fully saturated rings. The smallest absolute Gasteiger partial charge is 0.346 e. The molecule has 0 aromatic heterocycles. The van der Waals surface area contributed by atoms with Crippen molar-refractivity contribution in [2.75, 3.05) is 13.2 Å². The molecule has 0 aliphatic carbocycles. The van der Waals surface area contributed by atoms with E-state index in [0.717, 1.165) is 25.7 Å². The second-order valence-electron chi connectivity index (χ2n) is 4.53. The summed E-state index contributed by atoms with van der Waals surface area (Å²) in [5.41, 5.74) is 0.344. The number of carbonyl (C=O) groups is 1. The molecule has 21 heavy (non-hydrogen) atoms. The minimum Gasteiger partial charge on any atom is -0.494 e. The Kier molecular flexibility index (Phi) is 7.62. The Morgan fingerprint density at radius 3 is 2.43 bits per heavy atom. The quantitative estimate of drug-likeness (QED) is 0.414. The van der Waals surface area contributed by atoms with Gasteiger partial charge >= 0.3 is 5.97 Å². The molecule has 0 atom stereocenters. The predicted octanol–water partition coefficient (Wildman–Crippen LogP) is 2.61. The highest BCUT2D eigenvalue weighted by Gasteiger charge is 2.05. The number of hydrogen-bond acceptors (Lipinski definition) is 4. The van der Waals surface area contributed by atoms with Gasteiger partial charge < -0.3 is 14.9 Å². The summed E-state index contributed by atoms with van der Waals surface area (Å²) in [4.78, 5) is 10.7. The van der Waals surface area contributed by atoms with E-state index in [1.807, 2.05) is 0 Å². The van der Waals surface area contributed by atoms with Crippen molar-refractivity contribution < 1.29 is 19.7 Å². The molecule has 0 saturated heterocycles. The summed E-state index contributed by atoms with van der Waals surface area (Å²) in [7, 11) is 0. The zero-order chi connectivity index (χ0) is 15.5. The van der Waals surface area contributed by atoms with Gasteiger partial charge in [0.15, 0.2) is 0 Å². The molecule has 2 N–H and O–H groups in total. The lowest BCUT2D eigenvalue weighted by Gasteiger charge is -2.06. The average molecular weight is 289 g/mol. The second kappa shape index (κ2) is 9.56. The molecule has 0 heterocycles. The Morgan fingerprint density at radius 2 is 1.86 bits per heavy atom. The van der Waals surface area contributed by atoms with Crippen LogP contribution in [-0.2, 0) is 4.79 Å². The highest BCUT2D eigenvalue weighted by molar-refractivity contribution is 5.96. The van der Waals surface area contributed by atoms with Gasteiger partial charge in [-0.3, -0.25) is 0 Å². The molecule has 0 radical (unpaired) electrons. The third-order valence-corrected chi connectivity index (χ3v) is 2.86. The number of unbranched alkanes of at least 4 members (excludes halogenated alkanes) is 3. The van der Waals surface area contributed by atoms with Crippen LogP contribution in [0.4, 0.5) is 0 Å². The van der Waals surface area contributed by atoms with Gasteiger partial charge in [-0.1, -0.05) is 18.6 Å². The van der Waals surface area contributed by atoms with Gasteiger partial charge in [-0.2, -0.15) is 5.26 Å². The summed E-state index contributed by atoms with van der Waals surface area (Å²) in [5, 5.41) is 26.1. The topological polar surface area (TPSA) is 90.5 Å². The molecule has 5 heteroatoms.